The summed E-state index contributed by atoms with van der Waals surface area (Å²) in [5.41, 5.74) is 2.85. The second-order valence-electron chi connectivity index (χ2n) is 5.43. The van der Waals surface area contributed by atoms with Gasteiger partial charge >= 0.3 is 5.97 Å². The van der Waals surface area contributed by atoms with E-state index in [9.17, 15) is 4.79 Å². The molecule has 15 heavy (non-hydrogen) atoms. The van der Waals surface area contributed by atoms with E-state index < -0.39 is 0 Å². The molecule has 0 amide bonds. The third kappa shape index (κ3) is 2.49. The van der Waals surface area contributed by atoms with Crippen LogP contribution in [0.15, 0.2) is 0 Å². The Labute approximate surface area is 90.9 Å². The summed E-state index contributed by atoms with van der Waals surface area (Å²) in [4.78, 5) is 11.8. The van der Waals surface area contributed by atoms with Gasteiger partial charge in [-0.25, -0.2) is 10.4 Å². The predicted octanol–water partition coefficient (Wildman–Crippen LogP) is 1.07. The minimum absolute atomic E-state index is 0.118. The minimum atomic E-state index is -0.384. The molecule has 2 aliphatic heterocycles. The quantitative estimate of drug-likeness (QED) is 0.660. The fourth-order valence-corrected chi connectivity index (χ4v) is 2.08. The fourth-order valence-electron chi connectivity index (χ4n) is 2.08. The molecule has 0 radical (unpaired) electrons. The van der Waals surface area contributed by atoms with E-state index >= 15 is 0 Å². The first-order valence-corrected chi connectivity index (χ1v) is 5.71. The third-order valence-corrected chi connectivity index (χ3v) is 2.95. The monoisotopic (exact) mass is 212 g/mol. The molecule has 0 bridgehead atoms. The van der Waals surface area contributed by atoms with E-state index in [0.29, 0.717) is 6.04 Å². The number of ether oxygens (including phenoxy) is 1. The number of fused-ring (bicyclic) bond motifs is 1. The summed E-state index contributed by atoms with van der Waals surface area (Å²) >= 11 is 0. The average molecular weight is 212 g/mol. The van der Waals surface area contributed by atoms with Gasteiger partial charge in [0.15, 0.2) is 0 Å². The molecule has 2 unspecified atom stereocenters. The van der Waals surface area contributed by atoms with Crippen molar-refractivity contribution in [3.8, 4) is 0 Å². The summed E-state index contributed by atoms with van der Waals surface area (Å²) in [6.07, 6.45) is 3.26. The van der Waals surface area contributed by atoms with Crippen LogP contribution in [0.5, 0.6) is 0 Å². The van der Waals surface area contributed by atoms with Crippen LogP contribution in [-0.2, 0) is 9.53 Å². The Kier molecular flexibility index (Phi) is 2.73. The van der Waals surface area contributed by atoms with E-state index in [1.54, 1.807) is 0 Å². The van der Waals surface area contributed by atoms with E-state index in [-0.39, 0.29) is 17.6 Å². The number of hydrogen-bond acceptors (Lipinski definition) is 4. The molecule has 2 aliphatic rings. The second-order valence-corrected chi connectivity index (χ2v) is 5.43. The summed E-state index contributed by atoms with van der Waals surface area (Å²) < 4.78 is 5.36. The van der Waals surface area contributed by atoms with Crippen molar-refractivity contribution in [2.45, 2.75) is 57.7 Å². The summed E-state index contributed by atoms with van der Waals surface area (Å²) in [6, 6.07) is 0.518. The van der Waals surface area contributed by atoms with Crippen LogP contribution in [0.3, 0.4) is 0 Å². The van der Waals surface area contributed by atoms with Crippen molar-refractivity contribution < 1.29 is 9.53 Å². The van der Waals surface area contributed by atoms with Gasteiger partial charge in [-0.1, -0.05) is 0 Å². The zero-order valence-corrected chi connectivity index (χ0v) is 9.75. The molecule has 0 spiro atoms. The van der Waals surface area contributed by atoms with Gasteiger partial charge in [0.25, 0.3) is 0 Å². The molecule has 0 aromatic carbocycles. The summed E-state index contributed by atoms with van der Waals surface area (Å²) in [7, 11) is 0. The van der Waals surface area contributed by atoms with E-state index in [4.69, 9.17) is 4.74 Å². The Hall–Kier alpha value is -0.610. The van der Waals surface area contributed by atoms with Gasteiger partial charge in [-0.05, 0) is 40.0 Å². The first kappa shape index (κ1) is 10.9. The highest BCUT2D eigenvalue weighted by molar-refractivity contribution is 5.76. The molecule has 1 N–H and O–H groups in total. The van der Waals surface area contributed by atoms with Crippen molar-refractivity contribution in [3.05, 3.63) is 0 Å². The minimum Gasteiger partial charge on any atom is -0.459 e. The zero-order valence-electron chi connectivity index (χ0n) is 9.75. The van der Waals surface area contributed by atoms with Gasteiger partial charge in [0, 0.05) is 12.6 Å². The lowest BCUT2D eigenvalue weighted by molar-refractivity contribution is -0.163. The number of esters is 1. The van der Waals surface area contributed by atoms with Crippen LogP contribution in [0.2, 0.25) is 0 Å². The highest BCUT2D eigenvalue weighted by Crippen LogP contribution is 2.26. The maximum Gasteiger partial charge on any atom is 0.325 e. The van der Waals surface area contributed by atoms with E-state index in [1.165, 1.54) is 6.42 Å². The van der Waals surface area contributed by atoms with Gasteiger partial charge in [-0.2, -0.15) is 0 Å². The Balaban J connectivity index is 1.86. The highest BCUT2D eigenvalue weighted by Gasteiger charge is 2.38. The van der Waals surface area contributed by atoms with Crippen molar-refractivity contribution in [1.29, 1.82) is 0 Å². The van der Waals surface area contributed by atoms with E-state index in [0.717, 1.165) is 19.4 Å². The van der Waals surface area contributed by atoms with Crippen LogP contribution >= 0.6 is 0 Å². The van der Waals surface area contributed by atoms with Crippen LogP contribution in [0.25, 0.3) is 0 Å². The van der Waals surface area contributed by atoms with Crippen molar-refractivity contribution >= 4 is 5.97 Å². The second kappa shape index (κ2) is 3.76. The van der Waals surface area contributed by atoms with Crippen molar-refractivity contribution in [3.63, 3.8) is 0 Å². The van der Waals surface area contributed by atoms with Crippen molar-refractivity contribution in [1.82, 2.24) is 10.4 Å². The summed E-state index contributed by atoms with van der Waals surface area (Å²) in [6.45, 7) is 6.77. The molecule has 0 aromatic rings. The molecular formula is C11H20N2O2. The van der Waals surface area contributed by atoms with E-state index in [1.807, 2.05) is 20.8 Å². The number of rotatable bonds is 1. The molecule has 2 saturated heterocycles. The summed E-state index contributed by atoms with van der Waals surface area (Å²) in [5, 5.41) is 2.16. The predicted molar refractivity (Wildman–Crippen MR) is 57.1 cm³/mol. The Morgan fingerprint density at radius 1 is 1.33 bits per heavy atom. The molecule has 2 heterocycles. The maximum absolute atomic E-state index is 11.8. The molecule has 0 aromatic heterocycles. The van der Waals surface area contributed by atoms with Crippen LogP contribution in [-0.4, -0.2) is 35.2 Å². The molecule has 4 heteroatoms. The molecular weight excluding hydrogens is 192 g/mol. The van der Waals surface area contributed by atoms with Gasteiger partial charge in [0.2, 0.25) is 0 Å². The van der Waals surface area contributed by atoms with Gasteiger partial charge in [0.05, 0.1) is 0 Å². The summed E-state index contributed by atoms with van der Waals surface area (Å²) in [5.74, 6) is -0.118. The SMILES string of the molecule is CC(C)(C)OC(=O)C1CCC2CCN2N1. The number of hydrogen-bond donors (Lipinski definition) is 1. The topological polar surface area (TPSA) is 41.6 Å². The zero-order chi connectivity index (χ0) is 11.1. The van der Waals surface area contributed by atoms with Crippen LogP contribution < -0.4 is 5.43 Å². The fraction of sp³-hybridized carbons (Fsp3) is 0.909. The lowest BCUT2D eigenvalue weighted by Gasteiger charge is -2.47. The normalized spacial score (nSPS) is 31.7. The van der Waals surface area contributed by atoms with Gasteiger partial charge < -0.3 is 4.74 Å². The van der Waals surface area contributed by atoms with Gasteiger partial charge in [-0.15, -0.1) is 0 Å². The number of hydrazine groups is 1. The largest absolute Gasteiger partial charge is 0.459 e. The Bertz CT molecular complexity index is 260. The van der Waals surface area contributed by atoms with Crippen molar-refractivity contribution in [2.24, 2.45) is 0 Å². The lowest BCUT2D eigenvalue weighted by atomic mass is 9.94. The molecule has 86 valence electrons. The standard InChI is InChI=1S/C11H20N2O2/c1-11(2,3)15-10(14)9-5-4-8-6-7-13(8)12-9/h8-9,12H,4-7H2,1-3H3. The number of carbonyl (C=O) groups is 1. The van der Waals surface area contributed by atoms with E-state index in [2.05, 4.69) is 10.4 Å². The van der Waals surface area contributed by atoms with Crippen LogP contribution in [0, 0.1) is 0 Å². The Morgan fingerprint density at radius 3 is 2.53 bits per heavy atom. The molecule has 0 saturated carbocycles. The first-order valence-electron chi connectivity index (χ1n) is 5.71. The Morgan fingerprint density at radius 2 is 2.07 bits per heavy atom. The van der Waals surface area contributed by atoms with Crippen molar-refractivity contribution in [2.75, 3.05) is 6.54 Å². The maximum atomic E-state index is 11.8. The molecule has 0 aliphatic carbocycles. The smallest absolute Gasteiger partial charge is 0.325 e. The lowest BCUT2D eigenvalue weighted by Crippen LogP contribution is -2.64. The number of carbonyl (C=O) groups excluding carboxylic acids is 1. The molecule has 2 fully saturated rings. The number of nitrogens with zero attached hydrogens (tertiary/aromatic N) is 1. The molecule has 2 atom stereocenters. The van der Waals surface area contributed by atoms with Gasteiger partial charge in [0.1, 0.15) is 11.6 Å². The average Bonchev–Trinajstić information content (AvgIpc) is 2.04. The number of nitrogens with one attached hydrogen (secondary N) is 1. The first-order chi connectivity index (χ1) is 6.96. The molecule has 4 nitrogen and oxygen atoms in total. The van der Waals surface area contributed by atoms with Crippen LogP contribution in [0.4, 0.5) is 0 Å². The third-order valence-electron chi connectivity index (χ3n) is 2.95. The molecule has 2 rings (SSSR count). The van der Waals surface area contributed by atoms with Gasteiger partial charge in [-0.3, -0.25) is 4.79 Å². The van der Waals surface area contributed by atoms with Crippen LogP contribution in [0.1, 0.15) is 40.0 Å². The highest BCUT2D eigenvalue weighted by atomic mass is 16.6.